The molecule has 21 heavy (non-hydrogen) atoms. The summed E-state index contributed by atoms with van der Waals surface area (Å²) >= 11 is 1.72. The highest BCUT2D eigenvalue weighted by Gasteiger charge is 2.18. The van der Waals surface area contributed by atoms with E-state index in [-0.39, 0.29) is 0 Å². The van der Waals surface area contributed by atoms with Gasteiger partial charge in [0, 0.05) is 18.3 Å². The zero-order valence-electron chi connectivity index (χ0n) is 13.5. The molecule has 2 aromatic heterocycles. The second-order valence-electron chi connectivity index (χ2n) is 5.30. The number of aryl methyl sites for hydroxylation is 3. The molecule has 0 aliphatic rings. The topological polar surface area (TPSA) is 42.7 Å². The van der Waals surface area contributed by atoms with Gasteiger partial charge < -0.3 is 5.32 Å². The van der Waals surface area contributed by atoms with Crippen molar-refractivity contribution in [1.82, 2.24) is 20.1 Å². The van der Waals surface area contributed by atoms with E-state index >= 15 is 0 Å². The lowest BCUT2D eigenvalue weighted by molar-refractivity contribution is 0.475. The van der Waals surface area contributed by atoms with Crippen molar-refractivity contribution in [1.29, 1.82) is 0 Å². The first-order valence-electron chi connectivity index (χ1n) is 7.88. The van der Waals surface area contributed by atoms with Gasteiger partial charge in [0.1, 0.15) is 0 Å². The molecule has 2 heterocycles. The largest absolute Gasteiger partial charge is 0.308 e. The molecule has 0 spiro atoms. The third kappa shape index (κ3) is 4.14. The summed E-state index contributed by atoms with van der Waals surface area (Å²) in [5.41, 5.74) is 3.63. The quantitative estimate of drug-likeness (QED) is 0.811. The molecule has 0 aliphatic heterocycles. The van der Waals surface area contributed by atoms with Crippen LogP contribution in [0.4, 0.5) is 0 Å². The Hall–Kier alpha value is -1.20. The van der Waals surface area contributed by atoms with E-state index in [2.05, 4.69) is 59.2 Å². The van der Waals surface area contributed by atoms with Crippen LogP contribution >= 0.6 is 11.3 Å². The summed E-state index contributed by atoms with van der Waals surface area (Å²) in [6.07, 6.45) is 3.04. The van der Waals surface area contributed by atoms with E-state index in [1.807, 2.05) is 0 Å². The van der Waals surface area contributed by atoms with Gasteiger partial charge in [0.2, 0.25) is 0 Å². The number of rotatable bonds is 8. The van der Waals surface area contributed by atoms with Crippen LogP contribution in [0.5, 0.6) is 0 Å². The van der Waals surface area contributed by atoms with Crippen molar-refractivity contribution in [3.8, 4) is 0 Å². The van der Waals surface area contributed by atoms with Crippen molar-refractivity contribution in [3.63, 3.8) is 0 Å². The predicted octanol–water partition coefficient (Wildman–Crippen LogP) is 3.51. The van der Waals surface area contributed by atoms with E-state index < -0.39 is 0 Å². The fraction of sp³-hybridized carbons (Fsp3) is 0.625. The molecule has 1 N–H and O–H groups in total. The molecule has 2 rings (SSSR count). The molecular weight excluding hydrogens is 280 g/mol. The Morgan fingerprint density at radius 1 is 1.29 bits per heavy atom. The highest BCUT2D eigenvalue weighted by Crippen LogP contribution is 2.21. The van der Waals surface area contributed by atoms with Crippen LogP contribution in [-0.4, -0.2) is 21.3 Å². The van der Waals surface area contributed by atoms with Crippen molar-refractivity contribution in [2.45, 2.75) is 59.5 Å². The normalized spacial score (nSPS) is 12.8. The van der Waals surface area contributed by atoms with E-state index in [1.165, 1.54) is 17.1 Å². The maximum Gasteiger partial charge on any atom is 0.0897 e. The van der Waals surface area contributed by atoms with E-state index in [0.29, 0.717) is 6.04 Å². The van der Waals surface area contributed by atoms with E-state index in [1.54, 1.807) is 11.3 Å². The number of hydrogen-bond acceptors (Lipinski definition) is 4. The van der Waals surface area contributed by atoms with Crippen LogP contribution < -0.4 is 5.32 Å². The van der Waals surface area contributed by atoms with Crippen molar-refractivity contribution in [2.24, 2.45) is 0 Å². The highest BCUT2D eigenvalue weighted by atomic mass is 32.1. The Kier molecular flexibility index (Phi) is 5.94. The van der Waals surface area contributed by atoms with Gasteiger partial charge in [-0.05, 0) is 39.3 Å². The number of thiazole rings is 1. The van der Waals surface area contributed by atoms with Gasteiger partial charge in [-0.1, -0.05) is 13.8 Å². The Morgan fingerprint density at radius 3 is 2.67 bits per heavy atom. The fourth-order valence-corrected chi connectivity index (χ4v) is 3.13. The molecule has 0 aromatic carbocycles. The summed E-state index contributed by atoms with van der Waals surface area (Å²) in [7, 11) is 0. The monoisotopic (exact) mass is 306 g/mol. The second-order valence-corrected chi connectivity index (χ2v) is 6.36. The first-order chi connectivity index (χ1) is 10.2. The van der Waals surface area contributed by atoms with Gasteiger partial charge in [0.05, 0.1) is 28.1 Å². The minimum Gasteiger partial charge on any atom is -0.308 e. The van der Waals surface area contributed by atoms with Crippen molar-refractivity contribution in [2.75, 3.05) is 6.54 Å². The number of hydrogen-bond donors (Lipinski definition) is 1. The molecule has 0 amide bonds. The average molecular weight is 306 g/mol. The van der Waals surface area contributed by atoms with Crippen LogP contribution in [0.15, 0.2) is 11.4 Å². The third-order valence-electron chi connectivity index (χ3n) is 3.60. The Morgan fingerprint density at radius 2 is 2.10 bits per heavy atom. The van der Waals surface area contributed by atoms with Crippen molar-refractivity contribution < 1.29 is 0 Å². The van der Waals surface area contributed by atoms with E-state index in [4.69, 9.17) is 0 Å². The van der Waals surface area contributed by atoms with Crippen LogP contribution in [0.2, 0.25) is 0 Å². The highest BCUT2D eigenvalue weighted by molar-refractivity contribution is 7.09. The summed E-state index contributed by atoms with van der Waals surface area (Å²) in [5.74, 6) is 0. The molecule has 5 heteroatoms. The number of aromatic nitrogens is 3. The predicted molar refractivity (Wildman–Crippen MR) is 88.9 cm³/mol. The van der Waals surface area contributed by atoms with Crippen LogP contribution in [0.25, 0.3) is 0 Å². The van der Waals surface area contributed by atoms with Gasteiger partial charge >= 0.3 is 0 Å². The average Bonchev–Trinajstić information content (AvgIpc) is 3.09. The molecule has 0 fully saturated rings. The Labute approximate surface area is 131 Å². The summed E-state index contributed by atoms with van der Waals surface area (Å²) in [4.78, 5) is 4.62. The first kappa shape index (κ1) is 16.2. The maximum atomic E-state index is 4.68. The molecule has 0 radical (unpaired) electrons. The van der Waals surface area contributed by atoms with Gasteiger partial charge in [0.25, 0.3) is 0 Å². The number of nitrogens with zero attached hydrogens (tertiary/aromatic N) is 3. The molecule has 116 valence electrons. The van der Waals surface area contributed by atoms with Gasteiger partial charge in [-0.15, -0.1) is 11.3 Å². The minimum absolute atomic E-state index is 0.291. The third-order valence-corrected chi connectivity index (χ3v) is 4.42. The molecule has 4 nitrogen and oxygen atoms in total. The molecular formula is C16H26N4S. The Bertz CT molecular complexity index is 558. The maximum absolute atomic E-state index is 4.68. The molecule has 0 saturated heterocycles. The van der Waals surface area contributed by atoms with Crippen LogP contribution in [-0.2, 0) is 19.4 Å². The Balaban J connectivity index is 2.23. The van der Waals surface area contributed by atoms with Gasteiger partial charge in [-0.2, -0.15) is 5.10 Å². The SMILES string of the molecule is CCCNC(Cc1csc(C)n1)c1cc(CC)nn1CC. The van der Waals surface area contributed by atoms with Gasteiger partial charge in [-0.25, -0.2) is 4.98 Å². The summed E-state index contributed by atoms with van der Waals surface area (Å²) in [5, 5.41) is 11.6. The second kappa shape index (κ2) is 7.71. The summed E-state index contributed by atoms with van der Waals surface area (Å²) in [6.45, 7) is 10.5. The van der Waals surface area contributed by atoms with E-state index in [9.17, 15) is 0 Å². The zero-order valence-corrected chi connectivity index (χ0v) is 14.3. The zero-order chi connectivity index (χ0) is 15.2. The molecule has 0 saturated carbocycles. The lowest BCUT2D eigenvalue weighted by Gasteiger charge is -2.18. The van der Waals surface area contributed by atoms with Crippen molar-refractivity contribution in [3.05, 3.63) is 33.5 Å². The standard InChI is InChI=1S/C16H26N4S/c1-5-8-17-15(9-14-11-21-12(4)18-14)16-10-13(6-2)19-20(16)7-3/h10-11,15,17H,5-9H2,1-4H3. The molecule has 0 aliphatic carbocycles. The fourth-order valence-electron chi connectivity index (χ4n) is 2.50. The summed E-state index contributed by atoms with van der Waals surface area (Å²) < 4.78 is 2.13. The lowest BCUT2D eigenvalue weighted by atomic mass is 10.1. The minimum atomic E-state index is 0.291. The first-order valence-corrected chi connectivity index (χ1v) is 8.76. The van der Waals surface area contributed by atoms with Crippen LogP contribution in [0.1, 0.15) is 55.3 Å². The van der Waals surface area contributed by atoms with Crippen molar-refractivity contribution >= 4 is 11.3 Å². The molecule has 1 atom stereocenters. The van der Waals surface area contributed by atoms with Crippen LogP contribution in [0.3, 0.4) is 0 Å². The summed E-state index contributed by atoms with van der Waals surface area (Å²) in [6, 6.07) is 2.54. The van der Waals surface area contributed by atoms with Crippen LogP contribution in [0, 0.1) is 6.92 Å². The van der Waals surface area contributed by atoms with Gasteiger partial charge in [0.15, 0.2) is 0 Å². The molecule has 2 aromatic rings. The lowest BCUT2D eigenvalue weighted by Crippen LogP contribution is -2.26. The molecule has 1 unspecified atom stereocenters. The molecule has 0 bridgehead atoms. The number of nitrogens with one attached hydrogen (secondary N) is 1. The van der Waals surface area contributed by atoms with Gasteiger partial charge in [-0.3, -0.25) is 4.68 Å². The smallest absolute Gasteiger partial charge is 0.0897 e. The van der Waals surface area contributed by atoms with E-state index in [0.717, 1.165) is 37.4 Å².